The first-order valence-electron chi connectivity index (χ1n) is 8.79. The van der Waals surface area contributed by atoms with E-state index in [1.807, 2.05) is 30.3 Å². The van der Waals surface area contributed by atoms with Gasteiger partial charge in [0.2, 0.25) is 15.0 Å². The van der Waals surface area contributed by atoms with Gasteiger partial charge in [0.25, 0.3) is 5.91 Å². The Morgan fingerprint density at radius 1 is 1.14 bits per heavy atom. The van der Waals surface area contributed by atoms with Crippen molar-refractivity contribution in [3.8, 4) is 17.0 Å². The second-order valence-corrected chi connectivity index (χ2v) is 8.46. The number of sulfone groups is 1. The Kier molecular flexibility index (Phi) is 4.64. The average Bonchev–Trinajstić information content (AvgIpc) is 3.24. The van der Waals surface area contributed by atoms with E-state index < -0.39 is 9.84 Å². The second kappa shape index (κ2) is 7.12. The van der Waals surface area contributed by atoms with Gasteiger partial charge in [0, 0.05) is 18.7 Å². The number of hydrogen-bond acceptors (Lipinski definition) is 5. The van der Waals surface area contributed by atoms with Crippen molar-refractivity contribution in [3.05, 3.63) is 65.9 Å². The first-order valence-corrected chi connectivity index (χ1v) is 10.4. The Morgan fingerprint density at radius 3 is 2.54 bits per heavy atom. The van der Waals surface area contributed by atoms with Crippen molar-refractivity contribution < 1.29 is 17.9 Å². The van der Waals surface area contributed by atoms with Crippen molar-refractivity contribution in [2.24, 2.45) is 0 Å². The molecular formula is C20H19N3O4S. The van der Waals surface area contributed by atoms with Gasteiger partial charge in [-0.1, -0.05) is 30.3 Å². The predicted octanol–water partition coefficient (Wildman–Crippen LogP) is 2.28. The monoisotopic (exact) mass is 397 g/mol. The Morgan fingerprint density at radius 2 is 1.86 bits per heavy atom. The molecule has 2 heterocycles. The number of hydrogen-bond donors (Lipinski definition) is 1. The number of carbonyl (C=O) groups is 1. The number of nitrogens with zero attached hydrogens (tertiary/aromatic N) is 2. The molecule has 1 N–H and O–H groups in total. The molecule has 144 valence electrons. The van der Waals surface area contributed by atoms with Gasteiger partial charge < -0.3 is 14.6 Å². The zero-order valence-corrected chi connectivity index (χ0v) is 16.1. The number of aromatic nitrogens is 2. The van der Waals surface area contributed by atoms with E-state index in [0.717, 1.165) is 5.56 Å². The van der Waals surface area contributed by atoms with Gasteiger partial charge in [0.05, 0.1) is 12.9 Å². The van der Waals surface area contributed by atoms with Gasteiger partial charge in [-0.25, -0.2) is 13.4 Å². The summed E-state index contributed by atoms with van der Waals surface area (Å²) in [5, 5.41) is 2.82. The number of amides is 1. The number of methoxy groups -OCH3 is 1. The van der Waals surface area contributed by atoms with E-state index in [1.54, 1.807) is 31.4 Å². The zero-order chi connectivity index (χ0) is 19.7. The van der Waals surface area contributed by atoms with Crippen LogP contribution in [0.3, 0.4) is 0 Å². The largest absolute Gasteiger partial charge is 0.497 e. The normalized spacial score (nSPS) is 14.5. The summed E-state index contributed by atoms with van der Waals surface area (Å²) in [6.07, 6.45) is 0. The zero-order valence-electron chi connectivity index (χ0n) is 15.3. The molecule has 28 heavy (non-hydrogen) atoms. The number of imidazole rings is 1. The van der Waals surface area contributed by atoms with Crippen molar-refractivity contribution in [1.29, 1.82) is 0 Å². The highest BCUT2D eigenvalue weighted by Crippen LogP contribution is 2.31. The quantitative estimate of drug-likeness (QED) is 0.713. The molecule has 8 heteroatoms. The standard InChI is InChI=1S/C20H19N3O4S/c1-27-16-9-7-15(8-10-16)17-18(23-11-12-28(25,26)20(23)22-17)19(24)21-13-14-5-3-2-4-6-14/h2-10H,11-13H2,1H3,(H,21,24). The highest BCUT2D eigenvalue weighted by atomic mass is 32.2. The lowest BCUT2D eigenvalue weighted by Crippen LogP contribution is -2.26. The van der Waals surface area contributed by atoms with E-state index in [1.165, 1.54) is 4.57 Å². The second-order valence-electron chi connectivity index (χ2n) is 6.46. The molecule has 4 rings (SSSR count). The SMILES string of the molecule is COc1ccc(-c2nc3n(c2C(=O)NCc2ccccc2)CCS3(=O)=O)cc1. The van der Waals surface area contributed by atoms with Gasteiger partial charge in [-0.2, -0.15) is 0 Å². The molecule has 0 fully saturated rings. The molecule has 1 aliphatic rings. The third-order valence-corrected chi connectivity index (χ3v) is 6.26. The van der Waals surface area contributed by atoms with Crippen molar-refractivity contribution in [2.45, 2.75) is 18.2 Å². The summed E-state index contributed by atoms with van der Waals surface area (Å²) in [6, 6.07) is 16.5. The molecule has 0 spiro atoms. The maximum atomic E-state index is 13.0. The fourth-order valence-electron chi connectivity index (χ4n) is 3.22. The average molecular weight is 397 g/mol. The summed E-state index contributed by atoms with van der Waals surface area (Å²) in [5.41, 5.74) is 2.22. The van der Waals surface area contributed by atoms with E-state index in [0.29, 0.717) is 23.6 Å². The fourth-order valence-corrected chi connectivity index (χ4v) is 4.58. The van der Waals surface area contributed by atoms with Crippen LogP contribution in [0, 0.1) is 0 Å². The minimum Gasteiger partial charge on any atom is -0.497 e. The summed E-state index contributed by atoms with van der Waals surface area (Å²) in [5.74, 6) is 0.265. The maximum Gasteiger partial charge on any atom is 0.270 e. The summed E-state index contributed by atoms with van der Waals surface area (Å²) in [4.78, 5) is 17.3. The van der Waals surface area contributed by atoms with Crippen LogP contribution in [0.25, 0.3) is 11.3 Å². The molecule has 0 saturated heterocycles. The minimum absolute atomic E-state index is 0.0445. The molecule has 1 aliphatic heterocycles. The molecule has 7 nitrogen and oxygen atoms in total. The predicted molar refractivity (Wildman–Crippen MR) is 104 cm³/mol. The van der Waals surface area contributed by atoms with Crippen molar-refractivity contribution >= 4 is 15.7 Å². The summed E-state index contributed by atoms with van der Waals surface area (Å²) < 4.78 is 31.3. The molecule has 0 saturated carbocycles. The van der Waals surface area contributed by atoms with Crippen LogP contribution in [-0.2, 0) is 22.9 Å². The molecule has 0 aliphatic carbocycles. The van der Waals surface area contributed by atoms with Crippen LogP contribution in [0.4, 0.5) is 0 Å². The van der Waals surface area contributed by atoms with Gasteiger partial charge in [-0.05, 0) is 29.8 Å². The Labute approximate surface area is 162 Å². The van der Waals surface area contributed by atoms with Gasteiger partial charge in [-0.15, -0.1) is 0 Å². The first-order chi connectivity index (χ1) is 13.5. The van der Waals surface area contributed by atoms with Gasteiger partial charge >= 0.3 is 0 Å². The van der Waals surface area contributed by atoms with Crippen molar-refractivity contribution in [3.63, 3.8) is 0 Å². The highest BCUT2D eigenvalue weighted by Gasteiger charge is 2.35. The van der Waals surface area contributed by atoms with Gasteiger partial charge in [0.15, 0.2) is 0 Å². The van der Waals surface area contributed by atoms with Crippen LogP contribution >= 0.6 is 0 Å². The molecule has 3 aromatic rings. The van der Waals surface area contributed by atoms with E-state index in [2.05, 4.69) is 10.3 Å². The third kappa shape index (κ3) is 3.27. The molecule has 1 aromatic heterocycles. The Bertz CT molecular complexity index is 1120. The Hall–Kier alpha value is -3.13. The van der Waals surface area contributed by atoms with E-state index in [9.17, 15) is 13.2 Å². The van der Waals surface area contributed by atoms with Crippen molar-refractivity contribution in [1.82, 2.24) is 14.9 Å². The van der Waals surface area contributed by atoms with E-state index in [4.69, 9.17) is 4.74 Å². The van der Waals surface area contributed by atoms with Gasteiger partial charge in [-0.3, -0.25) is 4.79 Å². The number of carbonyl (C=O) groups excluding carboxylic acids is 1. The van der Waals surface area contributed by atoms with Crippen LogP contribution < -0.4 is 10.1 Å². The molecule has 2 aromatic carbocycles. The number of benzene rings is 2. The summed E-state index contributed by atoms with van der Waals surface area (Å²) in [6.45, 7) is 0.559. The number of fused-ring (bicyclic) bond motifs is 1. The lowest BCUT2D eigenvalue weighted by atomic mass is 10.1. The number of nitrogens with one attached hydrogen (secondary N) is 1. The lowest BCUT2D eigenvalue weighted by Gasteiger charge is -2.09. The van der Waals surface area contributed by atoms with Crippen molar-refractivity contribution in [2.75, 3.05) is 12.9 Å². The van der Waals surface area contributed by atoms with E-state index in [-0.39, 0.29) is 29.1 Å². The summed E-state index contributed by atoms with van der Waals surface area (Å²) in [7, 11) is -1.92. The number of rotatable bonds is 5. The molecular weight excluding hydrogens is 378 g/mol. The fraction of sp³-hybridized carbons (Fsp3) is 0.200. The topological polar surface area (TPSA) is 90.3 Å². The van der Waals surface area contributed by atoms with Crippen LogP contribution in [0.15, 0.2) is 59.8 Å². The lowest BCUT2D eigenvalue weighted by molar-refractivity contribution is 0.0942. The van der Waals surface area contributed by atoms with E-state index >= 15 is 0 Å². The molecule has 0 bridgehead atoms. The number of ether oxygens (including phenoxy) is 1. The van der Waals surface area contributed by atoms with Gasteiger partial charge in [0.1, 0.15) is 17.1 Å². The van der Waals surface area contributed by atoms with Crippen LogP contribution in [0.5, 0.6) is 5.75 Å². The maximum absolute atomic E-state index is 13.0. The van der Waals surface area contributed by atoms with Crippen LogP contribution in [0.1, 0.15) is 16.1 Å². The third-order valence-electron chi connectivity index (χ3n) is 4.67. The molecule has 0 radical (unpaired) electrons. The van der Waals surface area contributed by atoms with Crippen LogP contribution in [-0.4, -0.2) is 36.7 Å². The first kappa shape index (κ1) is 18.2. The minimum atomic E-state index is -3.48. The van der Waals surface area contributed by atoms with Crippen LogP contribution in [0.2, 0.25) is 0 Å². The smallest absolute Gasteiger partial charge is 0.270 e. The Balaban J connectivity index is 1.73. The molecule has 0 unspecified atom stereocenters. The summed E-state index contributed by atoms with van der Waals surface area (Å²) >= 11 is 0. The molecule has 0 atom stereocenters. The highest BCUT2D eigenvalue weighted by molar-refractivity contribution is 7.91. The molecule has 1 amide bonds.